The van der Waals surface area contributed by atoms with Crippen molar-refractivity contribution in [3.05, 3.63) is 35.6 Å². The number of rotatable bonds is 6. The minimum Gasteiger partial charge on any atom is -0.456 e. The maximum Gasteiger partial charge on any atom is 0.462 e. The van der Waals surface area contributed by atoms with E-state index < -0.39 is 48.6 Å². The fourth-order valence-electron chi connectivity index (χ4n) is 1.44. The number of alkyl halides is 11. The van der Waals surface area contributed by atoms with Gasteiger partial charge in [0.2, 0.25) is 0 Å². The van der Waals surface area contributed by atoms with Crippen LogP contribution in [0.3, 0.4) is 0 Å². The summed E-state index contributed by atoms with van der Waals surface area (Å²) >= 11 is 0. The molecule has 0 aliphatic heterocycles. The highest BCUT2D eigenvalue weighted by Gasteiger charge is 2.80. The second-order valence-electron chi connectivity index (χ2n) is 4.99. The zero-order chi connectivity index (χ0) is 22.2. The molecule has 160 valence electrons. The number of esters is 1. The number of halogens is 12. The molecule has 0 radical (unpaired) electrons. The van der Waals surface area contributed by atoms with Gasteiger partial charge in [0, 0.05) is 0 Å². The third kappa shape index (κ3) is 4.62. The Morgan fingerprint density at radius 2 is 1.25 bits per heavy atom. The van der Waals surface area contributed by atoms with Gasteiger partial charge in [-0.05, 0) is 17.7 Å². The van der Waals surface area contributed by atoms with E-state index in [1.165, 1.54) is 0 Å². The van der Waals surface area contributed by atoms with Gasteiger partial charge in [-0.3, -0.25) is 4.74 Å². The maximum atomic E-state index is 13.8. The molecule has 0 saturated carbocycles. The Bertz CT molecular complexity index is 694. The minimum absolute atomic E-state index is 0.313. The maximum absolute atomic E-state index is 13.8. The van der Waals surface area contributed by atoms with Gasteiger partial charge >= 0.3 is 36.2 Å². The lowest BCUT2D eigenvalue weighted by molar-refractivity contribution is -0.475. The smallest absolute Gasteiger partial charge is 0.456 e. The van der Waals surface area contributed by atoms with E-state index in [9.17, 15) is 57.5 Å². The van der Waals surface area contributed by atoms with Crippen molar-refractivity contribution in [2.75, 3.05) is 0 Å². The van der Waals surface area contributed by atoms with E-state index in [1.807, 2.05) is 4.74 Å². The van der Waals surface area contributed by atoms with Crippen LogP contribution in [0.2, 0.25) is 0 Å². The van der Waals surface area contributed by atoms with E-state index in [2.05, 4.69) is 4.74 Å². The number of benzene rings is 1. The second kappa shape index (κ2) is 7.33. The van der Waals surface area contributed by atoms with Crippen LogP contribution in [0.25, 0.3) is 0 Å². The van der Waals surface area contributed by atoms with Crippen LogP contribution in [0.15, 0.2) is 24.3 Å². The molecule has 0 aliphatic rings. The Kier molecular flexibility index (Phi) is 6.24. The molecule has 0 heterocycles. The molecule has 1 aromatic carbocycles. The largest absolute Gasteiger partial charge is 0.462 e. The summed E-state index contributed by atoms with van der Waals surface area (Å²) in [7, 11) is 0. The average Bonchev–Trinajstić information content (AvgIpc) is 2.51. The molecule has 0 bridgehead atoms. The lowest BCUT2D eigenvalue weighted by atomic mass is 10.2. The van der Waals surface area contributed by atoms with Gasteiger partial charge in [-0.1, -0.05) is 12.1 Å². The molecular weight excluding hydrogens is 432 g/mol. The second-order valence-corrected chi connectivity index (χ2v) is 4.99. The highest BCUT2D eigenvalue weighted by Crippen LogP contribution is 2.51. The number of hydrogen-bond donors (Lipinski definition) is 0. The molecule has 1 atom stereocenters. The van der Waals surface area contributed by atoms with Gasteiger partial charge < -0.3 is 4.74 Å². The van der Waals surface area contributed by atoms with Gasteiger partial charge in [0.25, 0.3) is 0 Å². The molecule has 0 spiro atoms. The molecule has 0 unspecified atom stereocenters. The van der Waals surface area contributed by atoms with Crippen molar-refractivity contribution in [2.45, 2.75) is 36.8 Å². The van der Waals surface area contributed by atoms with Gasteiger partial charge in [-0.25, -0.2) is 9.18 Å². The predicted molar refractivity (Wildman–Crippen MR) is 63.1 cm³/mol. The first-order valence-electron chi connectivity index (χ1n) is 6.55. The summed E-state index contributed by atoms with van der Waals surface area (Å²) in [4.78, 5) is 11.2. The predicted octanol–water partition coefficient (Wildman–Crippen LogP) is 4.90. The van der Waals surface area contributed by atoms with Crippen molar-refractivity contribution in [1.29, 1.82) is 0 Å². The van der Waals surface area contributed by atoms with Crippen LogP contribution in [0, 0.1) is 5.82 Å². The molecule has 0 aliphatic carbocycles. The summed E-state index contributed by atoms with van der Waals surface area (Å²) in [6, 6.07) is 2.99. The number of hydrogen-bond acceptors (Lipinski definition) is 3. The summed E-state index contributed by atoms with van der Waals surface area (Å²) < 4.78 is 157. The molecular formula is C13H6F12O3. The van der Waals surface area contributed by atoms with E-state index in [-0.39, 0.29) is 5.56 Å². The molecule has 0 aromatic heterocycles. The lowest BCUT2D eigenvalue weighted by Gasteiger charge is -2.33. The molecule has 0 N–H and O–H groups in total. The Hall–Kier alpha value is -2.19. The van der Waals surface area contributed by atoms with E-state index in [1.54, 1.807) is 0 Å². The topological polar surface area (TPSA) is 35.5 Å². The van der Waals surface area contributed by atoms with Crippen LogP contribution >= 0.6 is 0 Å². The summed E-state index contributed by atoms with van der Waals surface area (Å²) in [5.74, 6) is -17.9. The standard InChI is InChI=1S/C13H6F12O3/c14-7-3-1-6(2-4-7)5-27-8(26)9(15,11(18,19)20)28-13(24,25)10(16,17)12(21,22)23/h1-4H,5H2/t9-/m0/s1. The van der Waals surface area contributed by atoms with E-state index in [0.29, 0.717) is 12.1 Å². The summed E-state index contributed by atoms with van der Waals surface area (Å²) in [5.41, 5.74) is -0.313. The van der Waals surface area contributed by atoms with Crippen LogP contribution in [0.4, 0.5) is 52.7 Å². The normalized spacial score (nSPS) is 15.9. The van der Waals surface area contributed by atoms with Crippen LogP contribution in [-0.2, 0) is 20.9 Å². The van der Waals surface area contributed by atoms with Crippen LogP contribution in [0.1, 0.15) is 5.56 Å². The SMILES string of the molecule is O=C(OCc1ccc(F)cc1)[C@](F)(OC(F)(F)C(F)(F)C(F)(F)F)C(F)(F)F. The van der Waals surface area contributed by atoms with Crippen molar-refractivity contribution in [3.63, 3.8) is 0 Å². The third-order valence-corrected chi connectivity index (χ3v) is 2.90. The van der Waals surface area contributed by atoms with Crippen molar-refractivity contribution in [3.8, 4) is 0 Å². The van der Waals surface area contributed by atoms with Gasteiger partial charge in [0.05, 0.1) is 0 Å². The van der Waals surface area contributed by atoms with E-state index >= 15 is 0 Å². The Morgan fingerprint density at radius 3 is 1.64 bits per heavy atom. The highest BCUT2D eigenvalue weighted by molar-refractivity contribution is 5.78. The monoisotopic (exact) mass is 438 g/mol. The van der Waals surface area contributed by atoms with Crippen molar-refractivity contribution >= 4 is 5.97 Å². The Morgan fingerprint density at radius 1 is 0.786 bits per heavy atom. The van der Waals surface area contributed by atoms with Crippen LogP contribution in [-0.4, -0.2) is 36.2 Å². The minimum atomic E-state index is -7.29. The Labute approximate surface area is 146 Å². The molecule has 0 saturated heterocycles. The van der Waals surface area contributed by atoms with E-state index in [0.717, 1.165) is 12.1 Å². The van der Waals surface area contributed by atoms with E-state index in [4.69, 9.17) is 0 Å². The first-order chi connectivity index (χ1) is 12.3. The zero-order valence-electron chi connectivity index (χ0n) is 12.8. The number of carbonyl (C=O) groups excluding carboxylic acids is 1. The molecule has 3 nitrogen and oxygen atoms in total. The molecule has 1 aromatic rings. The lowest BCUT2D eigenvalue weighted by Crippen LogP contribution is -2.61. The molecule has 15 heteroatoms. The van der Waals surface area contributed by atoms with Gasteiger partial charge in [-0.15, -0.1) is 0 Å². The van der Waals surface area contributed by atoms with Gasteiger partial charge in [-0.2, -0.15) is 48.3 Å². The molecule has 0 amide bonds. The number of carbonyl (C=O) groups is 1. The first-order valence-corrected chi connectivity index (χ1v) is 6.55. The molecule has 28 heavy (non-hydrogen) atoms. The quantitative estimate of drug-likeness (QED) is 0.468. The van der Waals surface area contributed by atoms with Crippen LogP contribution < -0.4 is 0 Å². The Balaban J connectivity index is 3.14. The summed E-state index contributed by atoms with van der Waals surface area (Å²) in [5, 5.41) is 0. The highest BCUT2D eigenvalue weighted by atomic mass is 19.4. The molecule has 1 rings (SSSR count). The molecule has 0 fully saturated rings. The van der Waals surface area contributed by atoms with Crippen LogP contribution in [0.5, 0.6) is 0 Å². The first kappa shape index (κ1) is 23.8. The summed E-state index contributed by atoms with van der Waals surface area (Å²) in [6.45, 7) is -1.31. The zero-order valence-corrected chi connectivity index (χ0v) is 12.8. The van der Waals surface area contributed by atoms with Crippen molar-refractivity contribution in [2.24, 2.45) is 0 Å². The number of ether oxygens (including phenoxy) is 2. The fourth-order valence-corrected chi connectivity index (χ4v) is 1.44. The third-order valence-electron chi connectivity index (χ3n) is 2.90. The van der Waals surface area contributed by atoms with Gasteiger partial charge in [0.15, 0.2) is 0 Å². The van der Waals surface area contributed by atoms with Crippen molar-refractivity contribution in [1.82, 2.24) is 0 Å². The summed E-state index contributed by atoms with van der Waals surface area (Å²) in [6.07, 6.45) is -21.1. The van der Waals surface area contributed by atoms with Crippen molar-refractivity contribution < 1.29 is 67.0 Å². The fraction of sp³-hybridized carbons (Fsp3) is 0.462. The van der Waals surface area contributed by atoms with Gasteiger partial charge in [0.1, 0.15) is 12.4 Å². The average molecular weight is 438 g/mol.